The van der Waals surface area contributed by atoms with Crippen molar-refractivity contribution in [1.29, 1.82) is 0 Å². The van der Waals surface area contributed by atoms with Crippen molar-refractivity contribution in [2.45, 2.75) is 175 Å². The summed E-state index contributed by atoms with van der Waals surface area (Å²) in [6, 6.07) is 20.3. The van der Waals surface area contributed by atoms with Gasteiger partial charge < -0.3 is 42.2 Å². The number of carbonyl (C=O) groups excluding carboxylic acids is 2. The molecule has 6 atom stereocenters. The highest BCUT2D eigenvalue weighted by Crippen LogP contribution is 2.45. The van der Waals surface area contributed by atoms with E-state index in [9.17, 15) is 26.4 Å². The largest absolute Gasteiger partial charge is 0.484 e. The van der Waals surface area contributed by atoms with Gasteiger partial charge in [0.15, 0.2) is 0 Å². The number of nitrogens with two attached hydrogens (primary N) is 2. The van der Waals surface area contributed by atoms with Crippen LogP contribution >= 0.6 is 46.4 Å². The fraction of sp³-hybridized carbons (Fsp3) is 0.581. The van der Waals surface area contributed by atoms with Crippen LogP contribution in [0.4, 0.5) is 9.59 Å². The van der Waals surface area contributed by atoms with E-state index in [2.05, 4.69) is 40.5 Å². The Morgan fingerprint density at radius 2 is 0.802 bits per heavy atom. The van der Waals surface area contributed by atoms with Gasteiger partial charge in [-0.3, -0.25) is 9.80 Å². The topological polar surface area (TPSA) is 252 Å². The summed E-state index contributed by atoms with van der Waals surface area (Å²) in [5.41, 5.74) is 16.6. The number of rotatable bonds is 33. The second kappa shape index (κ2) is 33.6. The maximum Gasteiger partial charge on any atom is 0.314 e. The number of amides is 4. The number of fused-ring (bicyclic) bond motifs is 2. The van der Waals surface area contributed by atoms with Crippen molar-refractivity contribution in [3.63, 3.8) is 0 Å². The minimum atomic E-state index is -3.70. The predicted molar refractivity (Wildman–Crippen MR) is 343 cm³/mol. The molecule has 4 amide bonds. The van der Waals surface area contributed by atoms with E-state index in [0.717, 1.165) is 177 Å². The highest BCUT2D eigenvalue weighted by Gasteiger charge is 2.42. The highest BCUT2D eigenvalue weighted by atomic mass is 35.5. The quantitative estimate of drug-likeness (QED) is 0.0208. The van der Waals surface area contributed by atoms with Gasteiger partial charge >= 0.3 is 12.1 Å². The second-order valence-electron chi connectivity index (χ2n) is 23.4. The van der Waals surface area contributed by atoms with E-state index < -0.39 is 20.0 Å². The molecule has 18 nitrogen and oxygen atoms in total. The minimum Gasteiger partial charge on any atom is -0.484 e. The van der Waals surface area contributed by atoms with Gasteiger partial charge in [-0.25, -0.2) is 35.9 Å². The number of benzene rings is 4. The van der Waals surface area contributed by atoms with Gasteiger partial charge in [-0.1, -0.05) is 97.8 Å². The zero-order chi connectivity index (χ0) is 61.1. The van der Waals surface area contributed by atoms with Crippen molar-refractivity contribution < 1.29 is 35.9 Å². The van der Waals surface area contributed by atoms with Crippen molar-refractivity contribution >= 4 is 78.5 Å². The van der Waals surface area contributed by atoms with Crippen molar-refractivity contribution in [2.24, 2.45) is 11.5 Å². The molecule has 2 saturated heterocycles. The monoisotopic (exact) mass is 1300 g/mol. The average molecular weight is 1310 g/mol. The molecular formula is C62H88Cl4N10O8S2. The van der Waals surface area contributed by atoms with Gasteiger partial charge in [0.05, 0.1) is 21.9 Å². The lowest BCUT2D eigenvalue weighted by molar-refractivity contribution is 0.0592. The molecule has 0 saturated carbocycles. The van der Waals surface area contributed by atoms with Crippen LogP contribution in [-0.2, 0) is 32.9 Å². The standard InChI is InChI=1S/C62H88Cl4N10O8S2/c63-43-35-53-51(55(65)37-43)39-57(75-33-15-17-45(67)41-75)59(53)83-47-19-23-49(24-20-47)85(79,80)73-31-11-7-3-1-5-9-27-69-61(77)71-29-13-14-30-72-62(78)70-28-10-6-2-4-8-12-32-74-86(81,82)50-25-21-48(22-26-50)84-60-54-36-44(64)38-56(66)52(54)40-58(60)76-34-16-18-46(68)42-76/h19-26,35-38,45-46,57-60,73-74H,1-18,27-34,39-42,67-68H2,(H2,69,71,77)(H2,70,72,78)/t45-,46-,57+,58+,59+,60+/m1/s1. The summed E-state index contributed by atoms with van der Waals surface area (Å²) in [6.45, 7) is 6.23. The Balaban J connectivity index is 0.581. The summed E-state index contributed by atoms with van der Waals surface area (Å²) >= 11 is 26.1. The van der Waals surface area contributed by atoms with Gasteiger partial charge in [0, 0.05) is 95.7 Å². The number of nitrogens with zero attached hydrogens (tertiary/aromatic N) is 2. The number of likely N-dealkylation sites (tertiary alicyclic amines) is 2. The Morgan fingerprint density at radius 1 is 0.477 bits per heavy atom. The number of hydrogen-bond donors (Lipinski definition) is 8. The van der Waals surface area contributed by atoms with Crippen LogP contribution in [0.15, 0.2) is 82.6 Å². The normalized spacial score (nSPS) is 20.7. The number of nitrogens with one attached hydrogen (secondary N) is 6. The van der Waals surface area contributed by atoms with Gasteiger partial charge in [0.1, 0.15) is 23.7 Å². The van der Waals surface area contributed by atoms with E-state index in [-0.39, 0.29) is 58.2 Å². The first kappa shape index (κ1) is 67.8. The first-order valence-corrected chi connectivity index (χ1v) is 35.4. The molecule has 0 spiro atoms. The molecule has 0 unspecified atom stereocenters. The number of halogens is 4. The maximum atomic E-state index is 13.1. The van der Waals surface area contributed by atoms with Crippen molar-refractivity contribution in [3.05, 3.63) is 115 Å². The first-order chi connectivity index (χ1) is 41.4. The van der Waals surface area contributed by atoms with E-state index in [1.54, 1.807) is 60.7 Å². The predicted octanol–water partition coefficient (Wildman–Crippen LogP) is 10.6. The van der Waals surface area contributed by atoms with E-state index in [4.69, 9.17) is 67.3 Å². The SMILES string of the molecule is N[C@@H]1CCCN([C@H]2Cc3c(Cl)cc(Cl)cc3[C@@H]2Oc2ccc(S(=O)(=O)NCCCCCCCCNC(=O)NCCCCNC(=O)NCCCCCCCCNS(=O)(=O)c3ccc(O[C@H]4c5cc(Cl)cc(Cl)c5C[C@@H]4N4CCC[C@@H](N)C4)cc3)cc2)C1. The number of sulfonamides is 2. The third kappa shape index (κ3) is 20.2. The molecule has 10 N–H and O–H groups in total. The molecule has 8 rings (SSSR count). The molecule has 474 valence electrons. The van der Waals surface area contributed by atoms with Crippen LogP contribution in [0.2, 0.25) is 20.1 Å². The van der Waals surface area contributed by atoms with Crippen LogP contribution < -0.4 is 51.7 Å². The van der Waals surface area contributed by atoms with Crippen LogP contribution in [0, 0.1) is 0 Å². The molecule has 2 heterocycles. The van der Waals surface area contributed by atoms with Crippen LogP contribution in [0.3, 0.4) is 0 Å². The Morgan fingerprint density at radius 3 is 1.15 bits per heavy atom. The fourth-order valence-corrected chi connectivity index (χ4v) is 15.5. The minimum absolute atomic E-state index is 0.0313. The lowest BCUT2D eigenvalue weighted by Crippen LogP contribution is -2.49. The Bertz CT molecular complexity index is 2860. The van der Waals surface area contributed by atoms with Crippen molar-refractivity contribution in [1.82, 2.24) is 40.5 Å². The fourth-order valence-electron chi connectivity index (χ4n) is 12.2. The molecular weight excluding hydrogens is 1220 g/mol. The van der Waals surface area contributed by atoms with E-state index in [1.165, 1.54) is 0 Å². The number of hydrogen-bond acceptors (Lipinski definition) is 12. The average Bonchev–Trinajstić information content (AvgIpc) is 2.22. The zero-order valence-electron chi connectivity index (χ0n) is 49.2. The number of piperidine rings is 2. The van der Waals surface area contributed by atoms with Gasteiger partial charge in [0.25, 0.3) is 0 Å². The third-order valence-electron chi connectivity index (χ3n) is 16.8. The van der Waals surface area contributed by atoms with E-state index in [1.807, 2.05) is 12.1 Å². The number of ether oxygens (including phenoxy) is 2. The molecule has 0 radical (unpaired) electrons. The lowest BCUT2D eigenvalue weighted by atomic mass is 10.0. The molecule has 86 heavy (non-hydrogen) atoms. The molecule has 0 bridgehead atoms. The molecule has 4 aromatic carbocycles. The summed E-state index contributed by atoms with van der Waals surface area (Å²) in [6.07, 6.45) is 17.0. The smallest absolute Gasteiger partial charge is 0.314 e. The maximum absolute atomic E-state index is 13.1. The molecule has 0 aromatic heterocycles. The number of carbonyl (C=O) groups is 2. The molecule has 2 aliphatic carbocycles. The second-order valence-corrected chi connectivity index (χ2v) is 28.6. The number of urea groups is 2. The Kier molecular flexibility index (Phi) is 26.5. The lowest BCUT2D eigenvalue weighted by Gasteiger charge is -2.38. The summed E-state index contributed by atoms with van der Waals surface area (Å²) < 4.78 is 71.1. The van der Waals surface area contributed by atoms with Crippen LogP contribution in [0.5, 0.6) is 11.5 Å². The summed E-state index contributed by atoms with van der Waals surface area (Å²) in [7, 11) is -7.39. The van der Waals surface area contributed by atoms with Crippen LogP contribution in [0.1, 0.15) is 150 Å². The third-order valence-corrected chi connectivity index (χ3v) is 20.8. The molecule has 2 fully saturated rings. The first-order valence-electron chi connectivity index (χ1n) is 30.9. The Hall–Kier alpha value is -4.16. The van der Waals surface area contributed by atoms with Gasteiger partial charge in [-0.2, -0.15) is 0 Å². The van der Waals surface area contributed by atoms with Crippen LogP contribution in [0.25, 0.3) is 0 Å². The number of unbranched alkanes of at least 4 members (excludes halogenated alkanes) is 11. The van der Waals surface area contributed by atoms with E-state index in [0.29, 0.717) is 70.9 Å². The van der Waals surface area contributed by atoms with Gasteiger partial charge in [-0.05, 0) is 174 Å². The van der Waals surface area contributed by atoms with Crippen molar-refractivity contribution in [2.75, 3.05) is 65.4 Å². The highest BCUT2D eigenvalue weighted by molar-refractivity contribution is 7.89. The Labute approximate surface area is 529 Å². The molecule has 24 heteroatoms. The van der Waals surface area contributed by atoms with Crippen LogP contribution in [-0.4, -0.2) is 128 Å². The molecule has 4 aromatic rings. The summed E-state index contributed by atoms with van der Waals surface area (Å²) in [4.78, 5) is 29.6. The summed E-state index contributed by atoms with van der Waals surface area (Å²) in [5, 5.41) is 13.9. The zero-order valence-corrected chi connectivity index (χ0v) is 53.9. The summed E-state index contributed by atoms with van der Waals surface area (Å²) in [5.74, 6) is 1.12. The van der Waals surface area contributed by atoms with Gasteiger partial charge in [-0.15, -0.1) is 0 Å². The van der Waals surface area contributed by atoms with Gasteiger partial charge in [0.2, 0.25) is 20.0 Å². The molecule has 4 aliphatic rings. The molecule has 2 aliphatic heterocycles. The van der Waals surface area contributed by atoms with Crippen molar-refractivity contribution in [3.8, 4) is 11.5 Å². The van der Waals surface area contributed by atoms with E-state index >= 15 is 0 Å².